The predicted molar refractivity (Wildman–Crippen MR) is 112 cm³/mol. The standard InChI is InChI=1S/C21H29N5O3/c1-21(2,3)18(13-26-11-10-22-14-26)25-20(28)24-16-8-6-15(7-9-16)23-19(27)17-5-4-12-29-17/h6-11,14,17-18H,4-5,12-13H2,1-3H3,(H,23,27)(H2,24,25,28)/t17-,18-/m0/s1. The quantitative estimate of drug-likeness (QED) is 0.695. The molecule has 0 unspecified atom stereocenters. The number of hydrogen-bond donors (Lipinski definition) is 3. The van der Waals surface area contributed by atoms with Crippen LogP contribution in [-0.2, 0) is 16.1 Å². The van der Waals surface area contributed by atoms with E-state index in [0.29, 0.717) is 24.5 Å². The van der Waals surface area contributed by atoms with Crippen LogP contribution in [0.4, 0.5) is 16.2 Å². The van der Waals surface area contributed by atoms with Crippen LogP contribution in [-0.4, -0.2) is 40.2 Å². The van der Waals surface area contributed by atoms with E-state index in [1.54, 1.807) is 36.8 Å². The molecule has 8 nitrogen and oxygen atoms in total. The van der Waals surface area contributed by atoms with Gasteiger partial charge in [0.05, 0.1) is 12.4 Å². The zero-order valence-electron chi connectivity index (χ0n) is 17.1. The molecule has 2 heterocycles. The van der Waals surface area contributed by atoms with E-state index in [2.05, 4.69) is 41.7 Å². The van der Waals surface area contributed by atoms with Crippen LogP contribution >= 0.6 is 0 Å². The first-order chi connectivity index (χ1) is 13.8. The number of carbonyl (C=O) groups is 2. The first kappa shape index (κ1) is 20.9. The van der Waals surface area contributed by atoms with Crippen molar-refractivity contribution in [1.82, 2.24) is 14.9 Å². The Morgan fingerprint density at radius 3 is 2.45 bits per heavy atom. The fraction of sp³-hybridized carbons (Fsp3) is 0.476. The minimum atomic E-state index is -0.372. The summed E-state index contributed by atoms with van der Waals surface area (Å²) in [6, 6.07) is 6.67. The molecule has 3 rings (SSSR count). The van der Waals surface area contributed by atoms with E-state index in [9.17, 15) is 9.59 Å². The monoisotopic (exact) mass is 399 g/mol. The molecule has 3 amide bonds. The average molecular weight is 399 g/mol. The minimum absolute atomic E-state index is 0.0818. The van der Waals surface area contributed by atoms with Gasteiger partial charge in [-0.2, -0.15) is 0 Å². The van der Waals surface area contributed by atoms with Crippen LogP contribution in [0.3, 0.4) is 0 Å². The summed E-state index contributed by atoms with van der Waals surface area (Å²) in [7, 11) is 0. The number of ether oxygens (including phenoxy) is 1. The molecule has 1 aromatic heterocycles. The van der Waals surface area contributed by atoms with Gasteiger partial charge >= 0.3 is 6.03 Å². The zero-order valence-corrected chi connectivity index (χ0v) is 17.1. The number of carbonyl (C=O) groups excluding carboxylic acids is 2. The highest BCUT2D eigenvalue weighted by Crippen LogP contribution is 2.21. The number of imidazole rings is 1. The van der Waals surface area contributed by atoms with Crippen LogP contribution < -0.4 is 16.0 Å². The molecule has 0 saturated carbocycles. The molecule has 1 fully saturated rings. The number of amides is 3. The first-order valence-corrected chi connectivity index (χ1v) is 9.87. The number of anilines is 2. The number of nitrogens with zero attached hydrogens (tertiary/aromatic N) is 2. The zero-order chi connectivity index (χ0) is 20.9. The lowest BCUT2D eigenvalue weighted by Gasteiger charge is -2.31. The summed E-state index contributed by atoms with van der Waals surface area (Å²) in [6.07, 6.45) is 6.62. The van der Waals surface area contributed by atoms with Crippen molar-refractivity contribution in [3.63, 3.8) is 0 Å². The molecular weight excluding hydrogens is 370 g/mol. The predicted octanol–water partition coefficient (Wildman–Crippen LogP) is 3.24. The first-order valence-electron chi connectivity index (χ1n) is 9.87. The van der Waals surface area contributed by atoms with Gasteiger partial charge in [-0.25, -0.2) is 9.78 Å². The van der Waals surface area contributed by atoms with Gasteiger partial charge in [0.25, 0.3) is 5.91 Å². The molecule has 1 aliphatic rings. The maximum absolute atomic E-state index is 12.5. The third-order valence-electron chi connectivity index (χ3n) is 4.94. The Hall–Kier alpha value is -2.87. The topological polar surface area (TPSA) is 97.3 Å². The molecule has 2 aromatic rings. The van der Waals surface area contributed by atoms with Crippen molar-refractivity contribution in [2.75, 3.05) is 17.2 Å². The number of hydrogen-bond acceptors (Lipinski definition) is 4. The molecule has 2 atom stereocenters. The Kier molecular flexibility index (Phi) is 6.53. The molecule has 0 spiro atoms. The minimum Gasteiger partial charge on any atom is -0.368 e. The molecule has 1 saturated heterocycles. The van der Waals surface area contributed by atoms with E-state index >= 15 is 0 Å². The van der Waals surface area contributed by atoms with E-state index in [4.69, 9.17) is 4.74 Å². The third-order valence-corrected chi connectivity index (χ3v) is 4.94. The molecule has 29 heavy (non-hydrogen) atoms. The summed E-state index contributed by atoms with van der Waals surface area (Å²) in [6.45, 7) is 7.51. The Morgan fingerprint density at radius 1 is 1.21 bits per heavy atom. The SMILES string of the molecule is CC(C)(C)[C@H](Cn1ccnc1)NC(=O)Nc1ccc(NC(=O)[C@@H]2CCCO2)cc1. The molecule has 156 valence electrons. The largest absolute Gasteiger partial charge is 0.368 e. The molecule has 0 bridgehead atoms. The number of benzene rings is 1. The Balaban J connectivity index is 1.54. The summed E-state index contributed by atoms with van der Waals surface area (Å²) >= 11 is 0. The average Bonchev–Trinajstić information content (AvgIpc) is 3.36. The summed E-state index contributed by atoms with van der Waals surface area (Å²) in [5.74, 6) is -0.131. The summed E-state index contributed by atoms with van der Waals surface area (Å²) in [4.78, 5) is 28.7. The van der Waals surface area contributed by atoms with Crippen LogP contribution in [0, 0.1) is 5.41 Å². The van der Waals surface area contributed by atoms with Crippen molar-refractivity contribution in [1.29, 1.82) is 0 Å². The number of nitrogens with one attached hydrogen (secondary N) is 3. The number of rotatable bonds is 6. The second-order valence-corrected chi connectivity index (χ2v) is 8.34. The van der Waals surface area contributed by atoms with Crippen LogP contribution in [0.5, 0.6) is 0 Å². The van der Waals surface area contributed by atoms with Crippen LogP contribution in [0.25, 0.3) is 0 Å². The Bertz CT molecular complexity index is 806. The van der Waals surface area contributed by atoms with Gasteiger partial charge in [-0.3, -0.25) is 4.79 Å². The van der Waals surface area contributed by atoms with Crippen molar-refractivity contribution < 1.29 is 14.3 Å². The van der Waals surface area contributed by atoms with E-state index < -0.39 is 0 Å². The van der Waals surface area contributed by atoms with E-state index in [0.717, 1.165) is 12.8 Å². The van der Waals surface area contributed by atoms with Crippen LogP contribution in [0.2, 0.25) is 0 Å². The lowest BCUT2D eigenvalue weighted by molar-refractivity contribution is -0.124. The normalized spacial score (nSPS) is 17.6. The van der Waals surface area contributed by atoms with E-state index in [1.165, 1.54) is 0 Å². The van der Waals surface area contributed by atoms with E-state index in [-0.39, 0.29) is 29.5 Å². The fourth-order valence-corrected chi connectivity index (χ4v) is 3.11. The molecule has 1 aromatic carbocycles. The smallest absolute Gasteiger partial charge is 0.319 e. The maximum Gasteiger partial charge on any atom is 0.319 e. The highest BCUT2D eigenvalue weighted by Gasteiger charge is 2.27. The summed E-state index contributed by atoms with van der Waals surface area (Å²) < 4.78 is 7.33. The molecular formula is C21H29N5O3. The van der Waals surface area contributed by atoms with Crippen molar-refractivity contribution >= 4 is 23.3 Å². The summed E-state index contributed by atoms with van der Waals surface area (Å²) in [5, 5.41) is 8.73. The second kappa shape index (κ2) is 9.09. The van der Waals surface area contributed by atoms with Gasteiger partial charge in [0.15, 0.2) is 0 Å². The van der Waals surface area contributed by atoms with Gasteiger partial charge in [0.1, 0.15) is 6.10 Å². The summed E-state index contributed by atoms with van der Waals surface area (Å²) in [5.41, 5.74) is 1.19. The molecule has 3 N–H and O–H groups in total. The second-order valence-electron chi connectivity index (χ2n) is 8.34. The molecule has 1 aliphatic heterocycles. The van der Waals surface area contributed by atoms with Crippen molar-refractivity contribution in [2.24, 2.45) is 5.41 Å². The highest BCUT2D eigenvalue weighted by atomic mass is 16.5. The van der Waals surface area contributed by atoms with E-state index in [1.807, 2.05) is 10.8 Å². The van der Waals surface area contributed by atoms with Crippen molar-refractivity contribution in [3.8, 4) is 0 Å². The maximum atomic E-state index is 12.5. The van der Waals surface area contributed by atoms with Crippen LogP contribution in [0.15, 0.2) is 43.0 Å². The third kappa shape index (κ3) is 6.05. The van der Waals surface area contributed by atoms with Crippen LogP contribution in [0.1, 0.15) is 33.6 Å². The number of aromatic nitrogens is 2. The van der Waals surface area contributed by atoms with Crippen molar-refractivity contribution in [3.05, 3.63) is 43.0 Å². The lowest BCUT2D eigenvalue weighted by atomic mass is 9.86. The Morgan fingerprint density at radius 2 is 1.90 bits per heavy atom. The molecule has 8 heteroatoms. The molecule has 0 radical (unpaired) electrons. The molecule has 0 aliphatic carbocycles. The van der Waals surface area contributed by atoms with Gasteiger partial charge in [-0.1, -0.05) is 20.8 Å². The van der Waals surface area contributed by atoms with Gasteiger partial charge in [-0.05, 0) is 42.5 Å². The van der Waals surface area contributed by atoms with Gasteiger partial charge in [0, 0.05) is 36.9 Å². The lowest BCUT2D eigenvalue weighted by Crippen LogP contribution is -2.47. The van der Waals surface area contributed by atoms with Gasteiger partial charge in [-0.15, -0.1) is 0 Å². The fourth-order valence-electron chi connectivity index (χ4n) is 3.11. The number of urea groups is 1. The highest BCUT2D eigenvalue weighted by molar-refractivity contribution is 5.95. The Labute approximate surface area is 171 Å². The van der Waals surface area contributed by atoms with Gasteiger partial charge in [0.2, 0.25) is 0 Å². The van der Waals surface area contributed by atoms with Gasteiger partial charge < -0.3 is 25.3 Å². The van der Waals surface area contributed by atoms with Crippen molar-refractivity contribution in [2.45, 2.75) is 52.3 Å².